The summed E-state index contributed by atoms with van der Waals surface area (Å²) >= 11 is 0. The van der Waals surface area contributed by atoms with Gasteiger partial charge in [0, 0.05) is 24.2 Å². The second-order valence-corrected chi connectivity index (χ2v) is 7.49. The zero-order chi connectivity index (χ0) is 18.6. The molecule has 142 valence electrons. The molecule has 1 aromatic carbocycles. The number of fused-ring (bicyclic) bond motifs is 1. The Hall–Kier alpha value is -2.40. The third-order valence-corrected chi connectivity index (χ3v) is 5.48. The first-order valence-electron chi connectivity index (χ1n) is 9.99. The highest BCUT2D eigenvalue weighted by Crippen LogP contribution is 2.30. The van der Waals surface area contributed by atoms with Crippen LogP contribution in [0.4, 0.5) is 0 Å². The Balaban J connectivity index is 1.50. The Bertz CT molecular complexity index is 887. The van der Waals surface area contributed by atoms with Crippen molar-refractivity contribution in [1.29, 1.82) is 0 Å². The molecule has 0 spiro atoms. The minimum absolute atomic E-state index is 0.469. The molecule has 1 aliphatic rings. The molecule has 0 radical (unpaired) electrons. The van der Waals surface area contributed by atoms with Crippen molar-refractivity contribution in [3.05, 3.63) is 53.3 Å². The number of ether oxygens (including phenoxy) is 1. The summed E-state index contributed by atoms with van der Waals surface area (Å²) < 4.78 is 5.67. The molecule has 0 bridgehead atoms. The number of aromatic amines is 1. The molecular weight excluding hydrogens is 336 g/mol. The van der Waals surface area contributed by atoms with Gasteiger partial charge in [0.25, 0.3) is 0 Å². The maximum atomic E-state index is 5.67. The first-order valence-corrected chi connectivity index (χ1v) is 9.99. The fourth-order valence-corrected chi connectivity index (χ4v) is 3.87. The number of hydrogen-bond donors (Lipinski definition) is 1. The molecule has 3 aromatic rings. The van der Waals surface area contributed by atoms with Crippen molar-refractivity contribution < 1.29 is 4.74 Å². The van der Waals surface area contributed by atoms with Crippen molar-refractivity contribution in [2.75, 3.05) is 20.2 Å². The van der Waals surface area contributed by atoms with E-state index in [1.807, 2.05) is 12.4 Å². The number of likely N-dealkylation sites (tertiary alicyclic amines) is 1. The Kier molecular flexibility index (Phi) is 5.39. The summed E-state index contributed by atoms with van der Waals surface area (Å²) in [5, 5.41) is 0. The van der Waals surface area contributed by atoms with Gasteiger partial charge in [-0.25, -0.2) is 4.98 Å². The summed E-state index contributed by atoms with van der Waals surface area (Å²) in [5.74, 6) is 0. The van der Waals surface area contributed by atoms with Crippen LogP contribution in [0.3, 0.4) is 0 Å². The van der Waals surface area contributed by atoms with E-state index >= 15 is 0 Å². The quantitative estimate of drug-likeness (QED) is 0.628. The fourth-order valence-electron chi connectivity index (χ4n) is 3.87. The molecule has 5 heteroatoms. The van der Waals surface area contributed by atoms with E-state index in [4.69, 9.17) is 4.74 Å². The lowest BCUT2D eigenvalue weighted by Gasteiger charge is -2.19. The predicted octanol–water partition coefficient (Wildman–Crippen LogP) is 4.49. The van der Waals surface area contributed by atoms with E-state index in [2.05, 4.69) is 58.1 Å². The summed E-state index contributed by atoms with van der Waals surface area (Å²) in [7, 11) is 2.22. The van der Waals surface area contributed by atoms with Crippen LogP contribution in [0.2, 0.25) is 0 Å². The van der Waals surface area contributed by atoms with Crippen molar-refractivity contribution >= 4 is 11.0 Å². The van der Waals surface area contributed by atoms with E-state index in [1.165, 1.54) is 36.1 Å². The molecule has 0 saturated carbocycles. The zero-order valence-electron chi connectivity index (χ0n) is 16.2. The lowest BCUT2D eigenvalue weighted by Crippen LogP contribution is -2.17. The van der Waals surface area contributed by atoms with Crippen molar-refractivity contribution in [2.24, 2.45) is 0 Å². The number of unbranched alkanes of at least 4 members (excludes halogenated alkanes) is 1. The number of aromatic nitrogens is 3. The molecule has 1 N–H and O–H groups in total. The predicted molar refractivity (Wildman–Crippen MR) is 108 cm³/mol. The third-order valence-electron chi connectivity index (χ3n) is 5.48. The molecule has 4 rings (SSSR count). The first kappa shape index (κ1) is 18.0. The normalized spacial score (nSPS) is 17.6. The van der Waals surface area contributed by atoms with Crippen LogP contribution in [-0.4, -0.2) is 40.1 Å². The number of H-pyrrole nitrogens is 1. The average Bonchev–Trinajstić information content (AvgIpc) is 3.29. The molecule has 1 fully saturated rings. The molecule has 1 saturated heterocycles. The number of hydrogen-bond acceptors (Lipinski definition) is 4. The maximum Gasteiger partial charge on any atom is 0.317 e. The van der Waals surface area contributed by atoms with Gasteiger partial charge in [-0.3, -0.25) is 4.90 Å². The summed E-state index contributed by atoms with van der Waals surface area (Å²) in [4.78, 5) is 14.6. The monoisotopic (exact) mass is 364 g/mol. The van der Waals surface area contributed by atoms with E-state index < -0.39 is 0 Å². The van der Waals surface area contributed by atoms with Gasteiger partial charge in [-0.15, -0.1) is 0 Å². The second kappa shape index (κ2) is 8.09. The van der Waals surface area contributed by atoms with Crippen LogP contribution >= 0.6 is 0 Å². The average molecular weight is 364 g/mol. The van der Waals surface area contributed by atoms with E-state index in [1.54, 1.807) is 0 Å². The van der Waals surface area contributed by atoms with Gasteiger partial charge in [0.15, 0.2) is 0 Å². The number of benzene rings is 1. The van der Waals surface area contributed by atoms with E-state index in [9.17, 15) is 0 Å². The lowest BCUT2D eigenvalue weighted by atomic mass is 10.0. The first-order chi connectivity index (χ1) is 13.2. The smallest absolute Gasteiger partial charge is 0.317 e. The molecule has 3 heterocycles. The van der Waals surface area contributed by atoms with Crippen molar-refractivity contribution in [2.45, 2.75) is 45.1 Å². The topological polar surface area (TPSA) is 54.0 Å². The van der Waals surface area contributed by atoms with Gasteiger partial charge in [-0.1, -0.05) is 37.6 Å². The Morgan fingerprint density at radius 1 is 1.26 bits per heavy atom. The largest absolute Gasteiger partial charge is 0.463 e. The highest BCUT2D eigenvalue weighted by atomic mass is 16.5. The van der Waals surface area contributed by atoms with Crippen molar-refractivity contribution in [3.63, 3.8) is 0 Å². The molecular formula is C22H28N4O. The SMILES string of the molecule is CCCCOc1ncc2[nH]cc(Cc3ccc(C4CCCN4C)cc3)c2n1. The van der Waals surface area contributed by atoms with Crippen LogP contribution in [0.25, 0.3) is 11.0 Å². The van der Waals surface area contributed by atoms with Gasteiger partial charge in [-0.05, 0) is 44.0 Å². The third kappa shape index (κ3) is 3.98. The molecule has 27 heavy (non-hydrogen) atoms. The minimum Gasteiger partial charge on any atom is -0.463 e. The number of rotatable bonds is 7. The van der Waals surface area contributed by atoms with Gasteiger partial charge < -0.3 is 9.72 Å². The summed E-state index contributed by atoms with van der Waals surface area (Å²) in [6.45, 7) is 4.01. The van der Waals surface area contributed by atoms with Gasteiger partial charge >= 0.3 is 6.01 Å². The lowest BCUT2D eigenvalue weighted by molar-refractivity contribution is 0.286. The van der Waals surface area contributed by atoms with E-state index in [0.29, 0.717) is 18.7 Å². The maximum absolute atomic E-state index is 5.67. The van der Waals surface area contributed by atoms with Gasteiger partial charge in [-0.2, -0.15) is 4.98 Å². The summed E-state index contributed by atoms with van der Waals surface area (Å²) in [6.07, 6.45) is 9.37. The van der Waals surface area contributed by atoms with E-state index in [-0.39, 0.29) is 0 Å². The van der Waals surface area contributed by atoms with Gasteiger partial charge in [0.2, 0.25) is 0 Å². The molecule has 1 aliphatic heterocycles. The Labute approximate surface area is 160 Å². The minimum atomic E-state index is 0.469. The van der Waals surface area contributed by atoms with Crippen LogP contribution in [0.5, 0.6) is 6.01 Å². The van der Waals surface area contributed by atoms with Crippen molar-refractivity contribution in [1.82, 2.24) is 19.9 Å². The zero-order valence-corrected chi connectivity index (χ0v) is 16.2. The molecule has 2 aromatic heterocycles. The fraction of sp³-hybridized carbons (Fsp3) is 0.455. The second-order valence-electron chi connectivity index (χ2n) is 7.49. The van der Waals surface area contributed by atoms with Crippen molar-refractivity contribution in [3.8, 4) is 6.01 Å². The van der Waals surface area contributed by atoms with Crippen LogP contribution in [-0.2, 0) is 6.42 Å². The summed E-state index contributed by atoms with van der Waals surface area (Å²) in [6, 6.07) is 10.1. The molecule has 5 nitrogen and oxygen atoms in total. The van der Waals surface area contributed by atoms with Crippen LogP contribution < -0.4 is 4.74 Å². The number of nitrogens with zero attached hydrogens (tertiary/aromatic N) is 3. The Morgan fingerprint density at radius 2 is 2.11 bits per heavy atom. The molecule has 0 aliphatic carbocycles. The molecule has 1 unspecified atom stereocenters. The van der Waals surface area contributed by atoms with E-state index in [0.717, 1.165) is 30.3 Å². The number of nitrogens with one attached hydrogen (secondary N) is 1. The van der Waals surface area contributed by atoms with Gasteiger partial charge in [0.05, 0.1) is 23.8 Å². The highest BCUT2D eigenvalue weighted by molar-refractivity contribution is 5.78. The summed E-state index contributed by atoms with van der Waals surface area (Å²) in [5.41, 5.74) is 5.81. The van der Waals surface area contributed by atoms with Crippen LogP contribution in [0.1, 0.15) is 55.3 Å². The van der Waals surface area contributed by atoms with Crippen LogP contribution in [0, 0.1) is 0 Å². The Morgan fingerprint density at radius 3 is 2.85 bits per heavy atom. The standard InChI is InChI=1S/C22H28N4O/c1-3-4-12-27-22-24-15-19-21(25-22)18(14-23-19)13-16-7-9-17(10-8-16)20-6-5-11-26(20)2/h7-10,14-15,20,23H,3-6,11-13H2,1-2H3. The molecule has 0 amide bonds. The highest BCUT2D eigenvalue weighted by Gasteiger charge is 2.22. The molecule has 1 atom stereocenters. The van der Waals surface area contributed by atoms with Gasteiger partial charge in [0.1, 0.15) is 0 Å². The van der Waals surface area contributed by atoms with Crippen LogP contribution in [0.15, 0.2) is 36.7 Å².